The number of benzene rings is 2. The fourth-order valence-corrected chi connectivity index (χ4v) is 4.45. The van der Waals surface area contributed by atoms with E-state index in [2.05, 4.69) is 5.32 Å². The molecule has 1 saturated heterocycles. The van der Waals surface area contributed by atoms with Crippen molar-refractivity contribution in [1.82, 2.24) is 4.90 Å². The first-order chi connectivity index (χ1) is 15.4. The molecule has 6 nitrogen and oxygen atoms in total. The molecule has 0 spiro atoms. The summed E-state index contributed by atoms with van der Waals surface area (Å²) in [6.45, 7) is 4.15. The predicted molar refractivity (Wildman–Crippen MR) is 123 cm³/mol. The Morgan fingerprint density at radius 2 is 2.00 bits per heavy atom. The maximum absolute atomic E-state index is 13.9. The molecular formula is C24H22FN3O3S. The van der Waals surface area contributed by atoms with E-state index in [0.29, 0.717) is 10.9 Å². The number of para-hydroxylation sites is 1. The molecule has 1 aromatic heterocycles. The van der Waals surface area contributed by atoms with E-state index in [-0.39, 0.29) is 24.6 Å². The van der Waals surface area contributed by atoms with Crippen molar-refractivity contribution in [2.75, 3.05) is 5.32 Å². The molecule has 1 atom stereocenters. The van der Waals surface area contributed by atoms with Crippen LogP contribution in [-0.4, -0.2) is 27.1 Å². The number of nitrogens with one attached hydrogen (secondary N) is 1. The molecule has 8 heteroatoms. The molecule has 1 fully saturated rings. The Morgan fingerprint density at radius 3 is 2.75 bits per heavy atom. The normalized spacial score (nSPS) is 17.2. The highest BCUT2D eigenvalue weighted by Crippen LogP contribution is 2.34. The van der Waals surface area contributed by atoms with Crippen molar-refractivity contribution < 1.29 is 18.4 Å². The molecule has 164 valence electrons. The minimum atomic E-state index is -0.666. The number of anilines is 1. The summed E-state index contributed by atoms with van der Waals surface area (Å²) in [5, 5.41) is 2.38. The summed E-state index contributed by atoms with van der Waals surface area (Å²) in [5.41, 5.74) is 2.89. The molecule has 0 aliphatic carbocycles. The molecule has 1 N–H and O–H groups in total. The molecule has 0 saturated carbocycles. The molecule has 1 unspecified atom stereocenters. The van der Waals surface area contributed by atoms with Gasteiger partial charge in [-0.1, -0.05) is 36.0 Å². The quantitative estimate of drug-likeness (QED) is 0.559. The summed E-state index contributed by atoms with van der Waals surface area (Å²) in [6, 6.07) is 15.4. The van der Waals surface area contributed by atoms with Gasteiger partial charge in [0.2, 0.25) is 11.8 Å². The second kappa shape index (κ2) is 9.40. The smallest absolute Gasteiger partial charge is 0.243 e. The fourth-order valence-electron chi connectivity index (χ4n) is 3.30. The number of hydrogen-bond donors (Lipinski definition) is 1. The first-order valence-corrected chi connectivity index (χ1v) is 11.0. The summed E-state index contributed by atoms with van der Waals surface area (Å²) in [5.74, 6) is -0.585. The summed E-state index contributed by atoms with van der Waals surface area (Å²) >= 11 is 1.23. The third-order valence-electron chi connectivity index (χ3n) is 5.01. The zero-order valence-corrected chi connectivity index (χ0v) is 18.5. The second-order valence-electron chi connectivity index (χ2n) is 7.53. The lowest BCUT2D eigenvalue weighted by Gasteiger charge is -2.15. The van der Waals surface area contributed by atoms with E-state index in [4.69, 9.17) is 9.41 Å². The Morgan fingerprint density at radius 1 is 1.19 bits per heavy atom. The number of rotatable bonds is 6. The summed E-state index contributed by atoms with van der Waals surface area (Å²) in [4.78, 5) is 32.0. The molecule has 4 rings (SSSR count). The number of aliphatic imine (C=N–C) groups is 1. The molecule has 1 aliphatic rings. The van der Waals surface area contributed by atoms with E-state index in [1.165, 1.54) is 28.8 Å². The van der Waals surface area contributed by atoms with Crippen LogP contribution in [0.15, 0.2) is 70.3 Å². The Kier molecular flexibility index (Phi) is 6.41. The summed E-state index contributed by atoms with van der Waals surface area (Å²) in [7, 11) is 0. The number of nitrogens with zero attached hydrogens (tertiary/aromatic N) is 2. The van der Waals surface area contributed by atoms with Crippen LogP contribution in [0.5, 0.6) is 0 Å². The SMILES string of the molecule is Cc1ccc(C)c(N=C2SC(CC(=O)Nc3ccccc3F)C(=O)N2Cc2ccco2)c1. The third kappa shape index (κ3) is 4.91. The van der Waals surface area contributed by atoms with Crippen LogP contribution in [0.2, 0.25) is 0 Å². The van der Waals surface area contributed by atoms with Crippen molar-refractivity contribution in [2.45, 2.75) is 32.1 Å². The standard InChI is InChI=1S/C24H22FN3O3S/c1-15-9-10-16(2)20(12-15)27-24-28(14-17-6-5-11-31-17)23(30)21(32-24)13-22(29)26-19-8-4-3-7-18(19)25/h3-12,21H,13-14H2,1-2H3,(H,26,29). The average Bonchev–Trinajstić information content (AvgIpc) is 3.37. The van der Waals surface area contributed by atoms with Crippen molar-refractivity contribution in [2.24, 2.45) is 4.99 Å². The minimum Gasteiger partial charge on any atom is -0.467 e. The Hall–Kier alpha value is -3.39. The van der Waals surface area contributed by atoms with Gasteiger partial charge in [0.25, 0.3) is 0 Å². The van der Waals surface area contributed by atoms with Gasteiger partial charge in [0.05, 0.1) is 24.2 Å². The lowest BCUT2D eigenvalue weighted by Crippen LogP contribution is -2.33. The number of carbonyl (C=O) groups is 2. The number of amidine groups is 1. The number of thioether (sulfide) groups is 1. The van der Waals surface area contributed by atoms with Gasteiger partial charge in [-0.05, 0) is 55.3 Å². The van der Waals surface area contributed by atoms with Crippen molar-refractivity contribution >= 4 is 40.1 Å². The molecule has 1 aliphatic heterocycles. The molecule has 0 radical (unpaired) electrons. The number of halogens is 1. The maximum atomic E-state index is 13.9. The van der Waals surface area contributed by atoms with Crippen LogP contribution in [0.3, 0.4) is 0 Å². The first kappa shape index (κ1) is 21.8. The van der Waals surface area contributed by atoms with Gasteiger partial charge in [0, 0.05) is 6.42 Å². The van der Waals surface area contributed by atoms with Crippen molar-refractivity contribution in [3.63, 3.8) is 0 Å². The number of aryl methyl sites for hydroxylation is 2. The largest absolute Gasteiger partial charge is 0.467 e. The molecular weight excluding hydrogens is 429 g/mol. The fraction of sp³-hybridized carbons (Fsp3) is 0.208. The lowest BCUT2D eigenvalue weighted by atomic mass is 10.1. The Labute approximate surface area is 189 Å². The predicted octanol–water partition coefficient (Wildman–Crippen LogP) is 5.20. The van der Waals surface area contributed by atoms with Crippen molar-refractivity contribution in [3.05, 3.63) is 83.6 Å². The van der Waals surface area contributed by atoms with Crippen LogP contribution in [0.1, 0.15) is 23.3 Å². The van der Waals surface area contributed by atoms with Gasteiger partial charge < -0.3 is 9.73 Å². The van der Waals surface area contributed by atoms with Crippen molar-refractivity contribution in [1.29, 1.82) is 0 Å². The minimum absolute atomic E-state index is 0.0877. The van der Waals surface area contributed by atoms with Gasteiger partial charge in [-0.3, -0.25) is 14.5 Å². The van der Waals surface area contributed by atoms with Crippen LogP contribution in [-0.2, 0) is 16.1 Å². The van der Waals surface area contributed by atoms with E-state index in [0.717, 1.165) is 16.8 Å². The molecule has 2 amide bonds. The van der Waals surface area contributed by atoms with Gasteiger partial charge in [0.1, 0.15) is 16.8 Å². The van der Waals surface area contributed by atoms with Gasteiger partial charge in [-0.2, -0.15) is 0 Å². The number of amides is 2. The van der Waals surface area contributed by atoms with Crippen LogP contribution in [0.25, 0.3) is 0 Å². The monoisotopic (exact) mass is 451 g/mol. The zero-order valence-electron chi connectivity index (χ0n) is 17.7. The van der Waals surface area contributed by atoms with E-state index >= 15 is 0 Å². The van der Waals surface area contributed by atoms with E-state index < -0.39 is 17.0 Å². The van der Waals surface area contributed by atoms with Gasteiger partial charge in [-0.25, -0.2) is 9.38 Å². The van der Waals surface area contributed by atoms with E-state index in [1.54, 1.807) is 30.5 Å². The van der Waals surface area contributed by atoms with Crippen LogP contribution in [0.4, 0.5) is 15.8 Å². The van der Waals surface area contributed by atoms with Gasteiger partial charge in [-0.15, -0.1) is 0 Å². The van der Waals surface area contributed by atoms with Gasteiger partial charge >= 0.3 is 0 Å². The highest BCUT2D eigenvalue weighted by Gasteiger charge is 2.39. The number of furan rings is 1. The van der Waals surface area contributed by atoms with E-state index in [1.807, 2.05) is 32.0 Å². The average molecular weight is 452 g/mol. The highest BCUT2D eigenvalue weighted by molar-refractivity contribution is 8.15. The lowest BCUT2D eigenvalue weighted by molar-refractivity contribution is -0.128. The first-order valence-electron chi connectivity index (χ1n) is 10.1. The molecule has 0 bridgehead atoms. The highest BCUT2D eigenvalue weighted by atomic mass is 32.2. The second-order valence-corrected chi connectivity index (χ2v) is 8.70. The Balaban J connectivity index is 1.57. The number of carbonyl (C=O) groups excluding carboxylic acids is 2. The van der Waals surface area contributed by atoms with Crippen molar-refractivity contribution in [3.8, 4) is 0 Å². The summed E-state index contributed by atoms with van der Waals surface area (Å²) < 4.78 is 19.3. The van der Waals surface area contributed by atoms with Crippen LogP contribution in [0, 0.1) is 19.7 Å². The molecule has 2 heterocycles. The number of hydrogen-bond acceptors (Lipinski definition) is 5. The topological polar surface area (TPSA) is 74.9 Å². The van der Waals surface area contributed by atoms with Crippen LogP contribution >= 0.6 is 11.8 Å². The van der Waals surface area contributed by atoms with E-state index in [9.17, 15) is 14.0 Å². The van der Waals surface area contributed by atoms with Gasteiger partial charge in [0.15, 0.2) is 5.17 Å². The maximum Gasteiger partial charge on any atom is 0.243 e. The molecule has 3 aromatic rings. The van der Waals surface area contributed by atoms with Crippen LogP contribution < -0.4 is 5.32 Å². The zero-order chi connectivity index (χ0) is 22.7. The Bertz CT molecular complexity index is 1180. The molecule has 32 heavy (non-hydrogen) atoms. The molecule has 2 aromatic carbocycles. The third-order valence-corrected chi connectivity index (χ3v) is 6.19. The summed E-state index contributed by atoms with van der Waals surface area (Å²) in [6.07, 6.45) is 1.45.